The lowest BCUT2D eigenvalue weighted by molar-refractivity contribution is 0.438. The Morgan fingerprint density at radius 2 is 2.31 bits per heavy atom. The number of nitrogens with two attached hydrogens (primary N) is 1. The van der Waals surface area contributed by atoms with Crippen LogP contribution in [0.5, 0.6) is 0 Å². The van der Waals surface area contributed by atoms with E-state index in [1.165, 1.54) is 25.7 Å². The lowest BCUT2D eigenvalue weighted by Gasteiger charge is -2.19. The highest BCUT2D eigenvalue weighted by molar-refractivity contribution is 5.09. The lowest BCUT2D eigenvalue weighted by Crippen LogP contribution is -2.37. The molecule has 0 amide bonds. The minimum Gasteiger partial charge on any atom is -0.469 e. The molecule has 1 heterocycles. The van der Waals surface area contributed by atoms with Crippen LogP contribution in [0.2, 0.25) is 0 Å². The Kier molecular flexibility index (Phi) is 4.19. The van der Waals surface area contributed by atoms with Crippen molar-refractivity contribution in [2.24, 2.45) is 5.84 Å². The first-order valence-electron chi connectivity index (χ1n) is 6.05. The van der Waals surface area contributed by atoms with Gasteiger partial charge in [-0.3, -0.25) is 11.3 Å². The molecule has 1 aliphatic carbocycles. The Labute approximate surface area is 96.7 Å². The molecule has 2 rings (SSSR count). The van der Waals surface area contributed by atoms with Gasteiger partial charge in [0, 0.05) is 12.5 Å². The molecule has 1 unspecified atom stereocenters. The normalized spacial score (nSPS) is 18.2. The number of allylic oxidation sites excluding steroid dienone is 1. The molecule has 0 bridgehead atoms. The maximum absolute atomic E-state index is 5.59. The molecule has 3 heteroatoms. The first kappa shape index (κ1) is 11.4. The van der Waals surface area contributed by atoms with E-state index in [0.717, 1.165) is 18.6 Å². The summed E-state index contributed by atoms with van der Waals surface area (Å²) >= 11 is 0. The molecule has 0 aromatic carbocycles. The number of hydrogen-bond donors (Lipinski definition) is 2. The van der Waals surface area contributed by atoms with Crippen molar-refractivity contribution in [1.82, 2.24) is 5.43 Å². The minimum absolute atomic E-state index is 0.287. The van der Waals surface area contributed by atoms with Crippen LogP contribution in [0.15, 0.2) is 34.5 Å². The van der Waals surface area contributed by atoms with Crippen LogP contribution in [-0.4, -0.2) is 6.04 Å². The van der Waals surface area contributed by atoms with E-state index < -0.39 is 0 Å². The minimum atomic E-state index is 0.287. The molecule has 3 nitrogen and oxygen atoms in total. The average molecular weight is 220 g/mol. The van der Waals surface area contributed by atoms with Crippen LogP contribution in [0.4, 0.5) is 0 Å². The van der Waals surface area contributed by atoms with Gasteiger partial charge in [0.1, 0.15) is 5.76 Å². The van der Waals surface area contributed by atoms with E-state index in [9.17, 15) is 0 Å². The monoisotopic (exact) mass is 220 g/mol. The smallest absolute Gasteiger partial charge is 0.105 e. The zero-order valence-corrected chi connectivity index (χ0v) is 9.61. The summed E-state index contributed by atoms with van der Waals surface area (Å²) in [6, 6.07) is 4.21. The summed E-state index contributed by atoms with van der Waals surface area (Å²) < 4.78 is 5.34. The maximum atomic E-state index is 5.59. The van der Waals surface area contributed by atoms with Crippen LogP contribution in [0.1, 0.15) is 37.9 Å². The van der Waals surface area contributed by atoms with Crippen LogP contribution in [0.25, 0.3) is 0 Å². The van der Waals surface area contributed by atoms with Crippen molar-refractivity contribution in [2.45, 2.75) is 44.6 Å². The van der Waals surface area contributed by atoms with E-state index in [4.69, 9.17) is 10.3 Å². The van der Waals surface area contributed by atoms with Gasteiger partial charge < -0.3 is 4.42 Å². The van der Waals surface area contributed by atoms with E-state index >= 15 is 0 Å². The molecule has 1 atom stereocenters. The van der Waals surface area contributed by atoms with Gasteiger partial charge in [0.15, 0.2) is 0 Å². The summed E-state index contributed by atoms with van der Waals surface area (Å²) in [7, 11) is 0. The highest BCUT2D eigenvalue weighted by atomic mass is 16.3. The molecule has 1 aromatic rings. The molecule has 0 fully saturated rings. The van der Waals surface area contributed by atoms with Gasteiger partial charge >= 0.3 is 0 Å². The molecule has 0 saturated carbocycles. The van der Waals surface area contributed by atoms with Crippen molar-refractivity contribution in [1.29, 1.82) is 0 Å². The molecule has 1 aromatic heterocycles. The molecule has 16 heavy (non-hydrogen) atoms. The van der Waals surface area contributed by atoms with Gasteiger partial charge in [0.05, 0.1) is 6.26 Å². The fourth-order valence-electron chi connectivity index (χ4n) is 2.27. The van der Waals surface area contributed by atoms with E-state index in [0.29, 0.717) is 0 Å². The molecule has 3 N–H and O–H groups in total. The quantitative estimate of drug-likeness (QED) is 0.455. The van der Waals surface area contributed by atoms with Crippen molar-refractivity contribution >= 4 is 0 Å². The first-order chi connectivity index (χ1) is 7.88. The number of rotatable bonds is 5. The Balaban J connectivity index is 1.87. The lowest BCUT2D eigenvalue weighted by atomic mass is 9.93. The number of hydrazine groups is 1. The first-order valence-corrected chi connectivity index (χ1v) is 6.05. The fourth-order valence-corrected chi connectivity index (χ4v) is 2.27. The van der Waals surface area contributed by atoms with Gasteiger partial charge in [0.2, 0.25) is 0 Å². The molecule has 88 valence electrons. The summed E-state index contributed by atoms with van der Waals surface area (Å²) in [6.45, 7) is 0. The topological polar surface area (TPSA) is 51.2 Å². The highest BCUT2D eigenvalue weighted by Crippen LogP contribution is 2.22. The highest BCUT2D eigenvalue weighted by Gasteiger charge is 2.13. The predicted octanol–water partition coefficient (Wildman–Crippen LogP) is 2.54. The second-order valence-electron chi connectivity index (χ2n) is 4.46. The molecule has 0 aliphatic heterocycles. The maximum Gasteiger partial charge on any atom is 0.105 e. The fraction of sp³-hybridized carbons (Fsp3) is 0.538. The van der Waals surface area contributed by atoms with Gasteiger partial charge in [-0.05, 0) is 44.2 Å². The van der Waals surface area contributed by atoms with Crippen LogP contribution in [-0.2, 0) is 6.42 Å². The van der Waals surface area contributed by atoms with E-state index in [1.54, 1.807) is 11.8 Å². The Bertz CT molecular complexity index is 330. The van der Waals surface area contributed by atoms with Crippen LogP contribution in [0.3, 0.4) is 0 Å². The van der Waals surface area contributed by atoms with E-state index in [1.807, 2.05) is 12.1 Å². The van der Waals surface area contributed by atoms with E-state index in [-0.39, 0.29) is 6.04 Å². The van der Waals surface area contributed by atoms with E-state index in [2.05, 4.69) is 11.5 Å². The standard InChI is InChI=1S/C13H20N2O/c14-15-12(10-13-7-4-8-16-13)9-11-5-2-1-3-6-11/h4-5,7-8,12,15H,1-3,6,9-10,14H2. The molecular formula is C13H20N2O. The zero-order chi connectivity index (χ0) is 11.2. The van der Waals surface area contributed by atoms with Crippen molar-refractivity contribution in [3.05, 3.63) is 35.8 Å². The molecular weight excluding hydrogens is 200 g/mol. The van der Waals surface area contributed by atoms with Crippen LogP contribution >= 0.6 is 0 Å². The Morgan fingerprint density at radius 3 is 2.94 bits per heavy atom. The third-order valence-corrected chi connectivity index (χ3v) is 3.16. The number of nitrogens with one attached hydrogen (secondary N) is 1. The SMILES string of the molecule is NNC(CC1=CCCCC1)Cc1ccco1. The average Bonchev–Trinajstić information content (AvgIpc) is 2.82. The van der Waals surface area contributed by atoms with Gasteiger partial charge in [-0.25, -0.2) is 0 Å². The number of furan rings is 1. The predicted molar refractivity (Wildman–Crippen MR) is 64.7 cm³/mol. The molecule has 1 aliphatic rings. The largest absolute Gasteiger partial charge is 0.469 e. The van der Waals surface area contributed by atoms with Crippen LogP contribution < -0.4 is 11.3 Å². The van der Waals surface area contributed by atoms with Gasteiger partial charge in [-0.2, -0.15) is 0 Å². The second kappa shape index (κ2) is 5.87. The Hall–Kier alpha value is -1.06. The molecule has 0 spiro atoms. The van der Waals surface area contributed by atoms with Crippen molar-refractivity contribution in [3.63, 3.8) is 0 Å². The van der Waals surface area contributed by atoms with Gasteiger partial charge in [-0.15, -0.1) is 0 Å². The van der Waals surface area contributed by atoms with Gasteiger partial charge in [0.25, 0.3) is 0 Å². The zero-order valence-electron chi connectivity index (χ0n) is 9.61. The summed E-state index contributed by atoms with van der Waals surface area (Å²) in [5.74, 6) is 6.59. The summed E-state index contributed by atoms with van der Waals surface area (Å²) in [5.41, 5.74) is 4.43. The Morgan fingerprint density at radius 1 is 1.38 bits per heavy atom. The second-order valence-corrected chi connectivity index (χ2v) is 4.46. The summed E-state index contributed by atoms with van der Waals surface area (Å²) in [6.07, 6.45) is 11.1. The number of hydrogen-bond acceptors (Lipinski definition) is 3. The van der Waals surface area contributed by atoms with Gasteiger partial charge in [-0.1, -0.05) is 11.6 Å². The van der Waals surface area contributed by atoms with Crippen LogP contribution in [0, 0.1) is 0 Å². The third kappa shape index (κ3) is 3.22. The van der Waals surface area contributed by atoms with Crippen molar-refractivity contribution in [3.8, 4) is 0 Å². The summed E-state index contributed by atoms with van der Waals surface area (Å²) in [4.78, 5) is 0. The molecule has 0 saturated heterocycles. The van der Waals surface area contributed by atoms with Crippen molar-refractivity contribution < 1.29 is 4.42 Å². The third-order valence-electron chi connectivity index (χ3n) is 3.16. The van der Waals surface area contributed by atoms with Crippen molar-refractivity contribution in [2.75, 3.05) is 0 Å². The summed E-state index contributed by atoms with van der Waals surface area (Å²) in [5, 5.41) is 0. The molecule has 0 radical (unpaired) electrons.